The van der Waals surface area contributed by atoms with Gasteiger partial charge in [-0.3, -0.25) is 0 Å². The fraction of sp³-hybridized carbons (Fsp3) is 0.909. The number of carbonyl (C=O) groups is 1. The molecule has 1 unspecified atom stereocenters. The fourth-order valence-electron chi connectivity index (χ4n) is 1.21. The van der Waals surface area contributed by atoms with Gasteiger partial charge in [0.2, 0.25) is 6.29 Å². The van der Waals surface area contributed by atoms with Gasteiger partial charge in [-0.1, -0.05) is 33.1 Å². The monoisotopic (exact) mass is 218 g/mol. The first-order valence-electron chi connectivity index (χ1n) is 5.71. The molecule has 0 aliphatic rings. The van der Waals surface area contributed by atoms with Crippen molar-refractivity contribution in [2.75, 3.05) is 6.61 Å². The summed E-state index contributed by atoms with van der Waals surface area (Å²) in [7, 11) is 0. The predicted octanol–water partition coefficient (Wildman–Crippen LogP) is 3.40. The summed E-state index contributed by atoms with van der Waals surface area (Å²) in [5.74, 6) is 0. The van der Waals surface area contributed by atoms with E-state index in [1.807, 2.05) is 0 Å². The van der Waals surface area contributed by atoms with E-state index in [0.717, 1.165) is 32.1 Å². The Morgan fingerprint density at radius 1 is 1.20 bits per heavy atom. The number of rotatable bonds is 9. The molecule has 15 heavy (non-hydrogen) atoms. The van der Waals surface area contributed by atoms with Crippen LogP contribution in [0.15, 0.2) is 0 Å². The number of carboxylic acid groups (broad SMARTS) is 1. The molecule has 0 aromatic heterocycles. The average molecular weight is 218 g/mol. The average Bonchev–Trinajstić information content (AvgIpc) is 2.17. The normalized spacial score (nSPS) is 12.4. The third kappa shape index (κ3) is 9.53. The second-order valence-corrected chi connectivity index (χ2v) is 3.53. The van der Waals surface area contributed by atoms with Crippen LogP contribution in [0.5, 0.6) is 0 Å². The zero-order valence-corrected chi connectivity index (χ0v) is 9.70. The SMILES string of the molecule is CCCCCC(OCCCC)OC(=O)O. The molecule has 90 valence electrons. The van der Waals surface area contributed by atoms with Crippen molar-refractivity contribution in [3.05, 3.63) is 0 Å². The Labute approximate surface area is 91.6 Å². The lowest BCUT2D eigenvalue weighted by molar-refractivity contribution is -0.121. The lowest BCUT2D eigenvalue weighted by Gasteiger charge is -2.16. The van der Waals surface area contributed by atoms with Crippen LogP contribution in [-0.4, -0.2) is 24.2 Å². The Kier molecular flexibility index (Phi) is 9.27. The summed E-state index contributed by atoms with van der Waals surface area (Å²) in [6.07, 6.45) is 3.92. The minimum Gasteiger partial charge on any atom is -0.450 e. The van der Waals surface area contributed by atoms with Gasteiger partial charge >= 0.3 is 6.16 Å². The van der Waals surface area contributed by atoms with Crippen LogP contribution in [0.2, 0.25) is 0 Å². The Morgan fingerprint density at radius 3 is 2.40 bits per heavy atom. The molecule has 0 heterocycles. The zero-order valence-electron chi connectivity index (χ0n) is 9.70. The minimum absolute atomic E-state index is 0.570. The van der Waals surface area contributed by atoms with Gasteiger partial charge in [0.15, 0.2) is 0 Å². The van der Waals surface area contributed by atoms with Gasteiger partial charge in [0.05, 0.1) is 6.61 Å². The summed E-state index contributed by atoms with van der Waals surface area (Å²) in [5, 5.41) is 8.49. The molecule has 0 fully saturated rings. The van der Waals surface area contributed by atoms with Gasteiger partial charge in [0.1, 0.15) is 0 Å². The summed E-state index contributed by atoms with van der Waals surface area (Å²) in [6, 6.07) is 0. The van der Waals surface area contributed by atoms with Gasteiger partial charge in [0.25, 0.3) is 0 Å². The minimum atomic E-state index is -1.26. The van der Waals surface area contributed by atoms with Crippen molar-refractivity contribution in [1.82, 2.24) is 0 Å². The van der Waals surface area contributed by atoms with Crippen LogP contribution in [0.3, 0.4) is 0 Å². The molecule has 0 aromatic carbocycles. The molecular weight excluding hydrogens is 196 g/mol. The second-order valence-electron chi connectivity index (χ2n) is 3.53. The summed E-state index contributed by atoms with van der Waals surface area (Å²) < 4.78 is 9.97. The number of ether oxygens (including phenoxy) is 2. The quantitative estimate of drug-likeness (QED) is 0.366. The maximum atomic E-state index is 10.4. The molecule has 0 bridgehead atoms. The van der Waals surface area contributed by atoms with Crippen molar-refractivity contribution in [2.45, 2.75) is 58.7 Å². The molecule has 0 aliphatic heterocycles. The number of hydrogen-bond acceptors (Lipinski definition) is 3. The van der Waals surface area contributed by atoms with Gasteiger partial charge in [-0.25, -0.2) is 4.79 Å². The van der Waals surface area contributed by atoms with Crippen LogP contribution in [0.1, 0.15) is 52.4 Å². The molecule has 1 atom stereocenters. The molecule has 0 amide bonds. The summed E-state index contributed by atoms with van der Waals surface area (Å²) in [5.41, 5.74) is 0. The van der Waals surface area contributed by atoms with Gasteiger partial charge in [-0.15, -0.1) is 0 Å². The maximum absolute atomic E-state index is 10.4. The molecule has 4 nitrogen and oxygen atoms in total. The summed E-state index contributed by atoms with van der Waals surface area (Å²) >= 11 is 0. The van der Waals surface area contributed by atoms with E-state index in [-0.39, 0.29) is 0 Å². The maximum Gasteiger partial charge on any atom is 0.508 e. The molecule has 1 N–H and O–H groups in total. The summed E-state index contributed by atoms with van der Waals surface area (Å²) in [4.78, 5) is 10.4. The van der Waals surface area contributed by atoms with Crippen molar-refractivity contribution in [1.29, 1.82) is 0 Å². The molecular formula is C11H22O4. The van der Waals surface area contributed by atoms with E-state index in [0.29, 0.717) is 13.0 Å². The molecule has 0 rings (SSSR count). The molecule has 0 aliphatic carbocycles. The van der Waals surface area contributed by atoms with Gasteiger partial charge in [-0.2, -0.15) is 0 Å². The highest BCUT2D eigenvalue weighted by atomic mass is 16.8. The van der Waals surface area contributed by atoms with Crippen molar-refractivity contribution in [3.8, 4) is 0 Å². The third-order valence-electron chi connectivity index (χ3n) is 2.08. The van der Waals surface area contributed by atoms with Crippen LogP contribution in [0, 0.1) is 0 Å². The van der Waals surface area contributed by atoms with Crippen LogP contribution in [0.4, 0.5) is 4.79 Å². The Hall–Kier alpha value is -0.770. The Balaban J connectivity index is 3.68. The first-order valence-corrected chi connectivity index (χ1v) is 5.71. The Bertz CT molecular complexity index is 149. The van der Waals surface area contributed by atoms with Crippen LogP contribution >= 0.6 is 0 Å². The molecule has 0 saturated carbocycles. The van der Waals surface area contributed by atoms with E-state index in [4.69, 9.17) is 9.84 Å². The fourth-order valence-corrected chi connectivity index (χ4v) is 1.21. The number of unbranched alkanes of at least 4 members (excludes halogenated alkanes) is 3. The highest BCUT2D eigenvalue weighted by molar-refractivity contribution is 5.56. The zero-order chi connectivity index (χ0) is 11.5. The topological polar surface area (TPSA) is 55.8 Å². The first kappa shape index (κ1) is 14.2. The van der Waals surface area contributed by atoms with E-state index in [1.54, 1.807) is 0 Å². The van der Waals surface area contributed by atoms with Crippen molar-refractivity contribution < 1.29 is 19.4 Å². The number of hydrogen-bond donors (Lipinski definition) is 1. The largest absolute Gasteiger partial charge is 0.508 e. The summed E-state index contributed by atoms with van der Waals surface area (Å²) in [6.45, 7) is 4.74. The van der Waals surface area contributed by atoms with Crippen LogP contribution in [-0.2, 0) is 9.47 Å². The predicted molar refractivity (Wildman–Crippen MR) is 57.9 cm³/mol. The van der Waals surface area contributed by atoms with Crippen molar-refractivity contribution in [2.24, 2.45) is 0 Å². The molecule has 0 radical (unpaired) electrons. The van der Waals surface area contributed by atoms with Gasteiger partial charge in [-0.05, 0) is 12.8 Å². The van der Waals surface area contributed by atoms with Crippen molar-refractivity contribution >= 4 is 6.16 Å². The molecule has 4 heteroatoms. The second kappa shape index (κ2) is 9.77. The molecule has 0 saturated heterocycles. The first-order chi connectivity index (χ1) is 7.20. The molecule has 0 spiro atoms. The standard InChI is InChI=1S/C11H22O4/c1-3-5-7-8-10(15-11(12)13)14-9-6-4-2/h10H,3-9H2,1-2H3,(H,12,13). The van der Waals surface area contributed by atoms with E-state index in [9.17, 15) is 4.79 Å². The van der Waals surface area contributed by atoms with Crippen molar-refractivity contribution in [3.63, 3.8) is 0 Å². The van der Waals surface area contributed by atoms with E-state index in [2.05, 4.69) is 18.6 Å². The van der Waals surface area contributed by atoms with Gasteiger partial charge < -0.3 is 14.6 Å². The third-order valence-corrected chi connectivity index (χ3v) is 2.08. The lowest BCUT2D eigenvalue weighted by atomic mass is 10.2. The smallest absolute Gasteiger partial charge is 0.450 e. The Morgan fingerprint density at radius 2 is 1.87 bits per heavy atom. The van der Waals surface area contributed by atoms with E-state index in [1.165, 1.54) is 0 Å². The van der Waals surface area contributed by atoms with Gasteiger partial charge in [0, 0.05) is 6.42 Å². The highest BCUT2D eigenvalue weighted by Gasteiger charge is 2.12. The lowest BCUT2D eigenvalue weighted by Crippen LogP contribution is -2.21. The van der Waals surface area contributed by atoms with Crippen LogP contribution < -0.4 is 0 Å². The van der Waals surface area contributed by atoms with Crippen LogP contribution in [0.25, 0.3) is 0 Å². The highest BCUT2D eigenvalue weighted by Crippen LogP contribution is 2.09. The molecule has 0 aromatic rings. The van der Waals surface area contributed by atoms with E-state index >= 15 is 0 Å². The van der Waals surface area contributed by atoms with E-state index < -0.39 is 12.4 Å².